The fourth-order valence-electron chi connectivity index (χ4n) is 2.85. The average molecular weight is 479 g/mol. The van der Waals surface area contributed by atoms with Gasteiger partial charge in [0.1, 0.15) is 29.8 Å². The van der Waals surface area contributed by atoms with Crippen molar-refractivity contribution in [2.45, 2.75) is 20.5 Å². The minimum atomic E-state index is -0.682. The Morgan fingerprint density at radius 1 is 1.13 bits per heavy atom. The van der Waals surface area contributed by atoms with E-state index in [9.17, 15) is 14.4 Å². The van der Waals surface area contributed by atoms with E-state index < -0.39 is 11.7 Å². The number of anilines is 1. The van der Waals surface area contributed by atoms with E-state index in [2.05, 4.69) is 47.2 Å². The maximum Gasteiger partial charge on any atom is 0.266 e. The number of nitrogens with one attached hydrogen (secondary N) is 1. The first kappa shape index (κ1) is 22.3. The van der Waals surface area contributed by atoms with Crippen LogP contribution in [0.5, 0.6) is 5.75 Å². The summed E-state index contributed by atoms with van der Waals surface area (Å²) in [6, 6.07) is 19.1. The third-order valence-corrected chi connectivity index (χ3v) is 5.34. The van der Waals surface area contributed by atoms with Gasteiger partial charge in [0, 0.05) is 0 Å². The monoisotopic (exact) mass is 478 g/mol. The van der Waals surface area contributed by atoms with Crippen LogP contribution >= 0.6 is 15.9 Å². The lowest BCUT2D eigenvalue weighted by Gasteiger charge is -2.10. The standard InChI is InChI=1S/C25H20BrFN2O2/c1-16-7-8-19(11-17(16)2)15-31-24-10-9-18(13-21(24)26)12-20(14-28)25(30)29-23-6-4-3-5-22(23)27/h3-13H,15H2,1-2H3,(H,29,30)/b20-12+. The largest absolute Gasteiger partial charge is 0.488 e. The molecule has 0 saturated carbocycles. The molecular formula is C25H20BrFN2O2. The van der Waals surface area contributed by atoms with E-state index in [1.165, 1.54) is 35.4 Å². The minimum Gasteiger partial charge on any atom is -0.488 e. The highest BCUT2D eigenvalue weighted by Gasteiger charge is 2.12. The fourth-order valence-corrected chi connectivity index (χ4v) is 3.36. The Bertz CT molecular complexity index is 1200. The second kappa shape index (κ2) is 10.1. The smallest absolute Gasteiger partial charge is 0.266 e. The van der Waals surface area contributed by atoms with Gasteiger partial charge in [-0.1, -0.05) is 36.4 Å². The topological polar surface area (TPSA) is 62.1 Å². The van der Waals surface area contributed by atoms with Crippen molar-refractivity contribution in [2.75, 3.05) is 5.32 Å². The summed E-state index contributed by atoms with van der Waals surface area (Å²) in [5, 5.41) is 11.8. The van der Waals surface area contributed by atoms with Gasteiger partial charge in [-0.2, -0.15) is 5.26 Å². The van der Waals surface area contributed by atoms with Gasteiger partial charge in [-0.3, -0.25) is 4.79 Å². The molecule has 0 aliphatic carbocycles. The average Bonchev–Trinajstić information content (AvgIpc) is 2.75. The number of carbonyl (C=O) groups excluding carboxylic acids is 1. The maximum absolute atomic E-state index is 13.7. The lowest BCUT2D eigenvalue weighted by molar-refractivity contribution is -0.112. The summed E-state index contributed by atoms with van der Waals surface area (Å²) < 4.78 is 20.3. The van der Waals surface area contributed by atoms with E-state index >= 15 is 0 Å². The zero-order valence-corrected chi connectivity index (χ0v) is 18.7. The van der Waals surface area contributed by atoms with Gasteiger partial charge in [-0.05, 0) is 82.4 Å². The van der Waals surface area contributed by atoms with E-state index in [1.807, 2.05) is 12.1 Å². The summed E-state index contributed by atoms with van der Waals surface area (Å²) in [6.07, 6.45) is 1.44. The number of hydrogen-bond donors (Lipinski definition) is 1. The predicted molar refractivity (Wildman–Crippen MR) is 123 cm³/mol. The summed E-state index contributed by atoms with van der Waals surface area (Å²) in [5.74, 6) is -0.607. The SMILES string of the molecule is Cc1ccc(COc2ccc(/C=C(\C#N)C(=O)Nc3ccccc3F)cc2Br)cc1C. The van der Waals surface area contributed by atoms with Crippen LogP contribution in [0.4, 0.5) is 10.1 Å². The third kappa shape index (κ3) is 5.80. The third-order valence-electron chi connectivity index (χ3n) is 4.72. The molecule has 31 heavy (non-hydrogen) atoms. The lowest BCUT2D eigenvalue weighted by atomic mass is 10.1. The van der Waals surface area contributed by atoms with Crippen LogP contribution in [0.2, 0.25) is 0 Å². The molecule has 4 nitrogen and oxygen atoms in total. The van der Waals surface area contributed by atoms with Gasteiger partial charge in [0.15, 0.2) is 0 Å². The van der Waals surface area contributed by atoms with Crippen molar-refractivity contribution >= 4 is 33.6 Å². The number of benzene rings is 3. The maximum atomic E-state index is 13.7. The van der Waals surface area contributed by atoms with Crippen molar-refractivity contribution in [3.63, 3.8) is 0 Å². The quantitative estimate of drug-likeness (QED) is 0.332. The van der Waals surface area contributed by atoms with Crippen molar-refractivity contribution in [1.82, 2.24) is 0 Å². The second-order valence-electron chi connectivity index (χ2n) is 7.00. The van der Waals surface area contributed by atoms with Gasteiger partial charge in [0.25, 0.3) is 5.91 Å². The van der Waals surface area contributed by atoms with Gasteiger partial charge in [0.05, 0.1) is 10.2 Å². The normalized spacial score (nSPS) is 11.0. The van der Waals surface area contributed by atoms with E-state index in [-0.39, 0.29) is 11.3 Å². The van der Waals surface area contributed by atoms with E-state index in [1.54, 1.807) is 24.3 Å². The Balaban J connectivity index is 1.72. The van der Waals surface area contributed by atoms with Crippen LogP contribution in [0, 0.1) is 31.0 Å². The number of nitrogens with zero attached hydrogens (tertiary/aromatic N) is 1. The van der Waals surface area contributed by atoms with Crippen LogP contribution < -0.4 is 10.1 Å². The molecule has 1 amide bonds. The van der Waals surface area contributed by atoms with Crippen molar-refractivity contribution in [1.29, 1.82) is 5.26 Å². The fraction of sp³-hybridized carbons (Fsp3) is 0.120. The molecule has 0 spiro atoms. The van der Waals surface area contributed by atoms with Crippen LogP contribution in [-0.2, 0) is 11.4 Å². The Morgan fingerprint density at radius 2 is 1.90 bits per heavy atom. The summed E-state index contributed by atoms with van der Waals surface area (Å²) in [7, 11) is 0. The van der Waals surface area contributed by atoms with Crippen molar-refractivity contribution in [2.24, 2.45) is 0 Å². The highest BCUT2D eigenvalue weighted by Crippen LogP contribution is 2.28. The van der Waals surface area contributed by atoms with Gasteiger partial charge in [-0.15, -0.1) is 0 Å². The Kier molecular flexibility index (Phi) is 7.22. The Hall–Kier alpha value is -3.43. The zero-order chi connectivity index (χ0) is 22.4. The molecule has 0 aromatic heterocycles. The number of halogens is 2. The number of hydrogen-bond acceptors (Lipinski definition) is 3. The van der Waals surface area contributed by atoms with Crippen molar-refractivity contribution < 1.29 is 13.9 Å². The molecule has 3 rings (SSSR count). The molecule has 0 atom stereocenters. The minimum absolute atomic E-state index is 0.0184. The highest BCUT2D eigenvalue weighted by molar-refractivity contribution is 9.10. The van der Waals surface area contributed by atoms with Crippen molar-refractivity contribution in [3.05, 3.63) is 98.8 Å². The number of carbonyl (C=O) groups is 1. The van der Waals surface area contributed by atoms with Crippen LogP contribution in [0.15, 0.2) is 70.7 Å². The van der Waals surface area contributed by atoms with E-state index in [4.69, 9.17) is 4.74 Å². The van der Waals surface area contributed by atoms with Crippen LogP contribution in [0.25, 0.3) is 6.08 Å². The molecule has 0 heterocycles. The molecular weight excluding hydrogens is 459 g/mol. The molecule has 156 valence electrons. The summed E-state index contributed by atoms with van der Waals surface area (Å²) in [4.78, 5) is 12.4. The molecule has 0 fully saturated rings. The number of ether oxygens (including phenoxy) is 1. The first-order valence-corrected chi connectivity index (χ1v) is 10.3. The van der Waals surface area contributed by atoms with Crippen LogP contribution in [0.1, 0.15) is 22.3 Å². The van der Waals surface area contributed by atoms with Crippen LogP contribution in [0.3, 0.4) is 0 Å². The Labute approximate surface area is 189 Å². The molecule has 0 radical (unpaired) electrons. The van der Waals surface area contributed by atoms with Gasteiger partial charge in [0.2, 0.25) is 0 Å². The molecule has 0 bridgehead atoms. The van der Waals surface area contributed by atoms with Crippen LogP contribution in [-0.4, -0.2) is 5.91 Å². The first-order chi connectivity index (χ1) is 14.9. The number of para-hydroxylation sites is 1. The zero-order valence-electron chi connectivity index (χ0n) is 17.1. The number of nitriles is 1. The molecule has 0 saturated heterocycles. The number of rotatable bonds is 6. The molecule has 6 heteroatoms. The molecule has 0 aliphatic rings. The van der Waals surface area contributed by atoms with Gasteiger partial charge >= 0.3 is 0 Å². The van der Waals surface area contributed by atoms with Gasteiger partial charge in [-0.25, -0.2) is 4.39 Å². The van der Waals surface area contributed by atoms with Gasteiger partial charge < -0.3 is 10.1 Å². The summed E-state index contributed by atoms with van der Waals surface area (Å²) in [6.45, 7) is 4.54. The number of amides is 1. The molecule has 3 aromatic carbocycles. The summed E-state index contributed by atoms with van der Waals surface area (Å²) in [5.41, 5.74) is 4.01. The molecule has 0 aliphatic heterocycles. The molecule has 1 N–H and O–H groups in total. The number of aryl methyl sites for hydroxylation is 2. The predicted octanol–water partition coefficient (Wildman–Crippen LogP) is 6.33. The first-order valence-electron chi connectivity index (χ1n) is 9.53. The Morgan fingerprint density at radius 3 is 2.58 bits per heavy atom. The van der Waals surface area contributed by atoms with E-state index in [0.717, 1.165) is 5.56 Å². The summed E-state index contributed by atoms with van der Waals surface area (Å²) >= 11 is 3.47. The van der Waals surface area contributed by atoms with E-state index in [0.29, 0.717) is 22.4 Å². The second-order valence-corrected chi connectivity index (χ2v) is 7.86. The molecule has 0 unspecified atom stereocenters. The molecule has 3 aromatic rings. The lowest BCUT2D eigenvalue weighted by Crippen LogP contribution is -2.14. The highest BCUT2D eigenvalue weighted by atomic mass is 79.9. The van der Waals surface area contributed by atoms with Crippen molar-refractivity contribution in [3.8, 4) is 11.8 Å².